The van der Waals surface area contributed by atoms with Gasteiger partial charge in [-0.3, -0.25) is 9.89 Å². The molecule has 1 amide bonds. The molecule has 1 aromatic carbocycles. The average Bonchev–Trinajstić information content (AvgIpc) is 3.33. The Morgan fingerprint density at radius 3 is 2.82 bits per heavy atom. The minimum Gasteiger partial charge on any atom is -0.353 e. The quantitative estimate of drug-likeness (QED) is 0.570. The number of aryl methyl sites for hydroxylation is 1. The molecule has 2 atom stereocenters. The number of likely N-dealkylation sites (N-methyl/N-ethyl adjacent to an activating group) is 1. The molecule has 1 fully saturated rings. The molecule has 2 aliphatic rings. The summed E-state index contributed by atoms with van der Waals surface area (Å²) in [6.07, 6.45) is 9.08. The van der Waals surface area contributed by atoms with Crippen molar-refractivity contribution in [3.63, 3.8) is 0 Å². The van der Waals surface area contributed by atoms with Crippen molar-refractivity contribution in [3.8, 4) is 0 Å². The van der Waals surface area contributed by atoms with Crippen LogP contribution in [0.15, 0.2) is 36.8 Å². The van der Waals surface area contributed by atoms with Crippen molar-refractivity contribution < 1.29 is 4.79 Å². The zero-order valence-electron chi connectivity index (χ0n) is 20.2. The minimum atomic E-state index is 0.0832. The highest BCUT2D eigenvalue weighted by molar-refractivity contribution is 5.87. The number of hydrogen-bond donors (Lipinski definition) is 2. The summed E-state index contributed by atoms with van der Waals surface area (Å²) in [5.41, 5.74) is 6.23. The SMILES string of the molecule is CNC/C=C/C(=O)N1CCN(c2ncnc3c2CC(C)C(c2c(C)ccc4[nH]ncc24)C3)CC1. The maximum atomic E-state index is 12.4. The van der Waals surface area contributed by atoms with E-state index in [9.17, 15) is 4.79 Å². The molecule has 1 saturated heterocycles. The van der Waals surface area contributed by atoms with Crippen molar-refractivity contribution in [2.75, 3.05) is 44.7 Å². The fourth-order valence-electron chi connectivity index (χ4n) is 5.52. The molecule has 8 heteroatoms. The molecule has 2 unspecified atom stereocenters. The first-order valence-corrected chi connectivity index (χ1v) is 12.2. The highest BCUT2D eigenvalue weighted by atomic mass is 16.2. The Hall–Kier alpha value is -3.26. The summed E-state index contributed by atoms with van der Waals surface area (Å²) >= 11 is 0. The number of hydrogen-bond acceptors (Lipinski definition) is 6. The fraction of sp³-hybridized carbons (Fsp3) is 0.462. The molecule has 2 N–H and O–H groups in total. The zero-order valence-corrected chi connectivity index (χ0v) is 20.2. The number of aromatic nitrogens is 4. The predicted octanol–water partition coefficient (Wildman–Crippen LogP) is 2.60. The van der Waals surface area contributed by atoms with Crippen LogP contribution in [-0.2, 0) is 17.6 Å². The van der Waals surface area contributed by atoms with Gasteiger partial charge in [-0.1, -0.05) is 19.1 Å². The largest absolute Gasteiger partial charge is 0.353 e. The third-order valence-corrected chi connectivity index (χ3v) is 7.37. The maximum absolute atomic E-state index is 12.4. The lowest BCUT2D eigenvalue weighted by Gasteiger charge is -2.38. The number of benzene rings is 1. The van der Waals surface area contributed by atoms with Crippen molar-refractivity contribution in [3.05, 3.63) is 59.2 Å². The summed E-state index contributed by atoms with van der Waals surface area (Å²) in [5, 5.41) is 11.7. The smallest absolute Gasteiger partial charge is 0.246 e. The van der Waals surface area contributed by atoms with E-state index in [4.69, 9.17) is 9.97 Å². The van der Waals surface area contributed by atoms with Gasteiger partial charge in [0.1, 0.15) is 12.1 Å². The first-order chi connectivity index (χ1) is 16.6. The van der Waals surface area contributed by atoms with Gasteiger partial charge in [0.25, 0.3) is 0 Å². The Morgan fingerprint density at radius 1 is 1.21 bits per heavy atom. The van der Waals surface area contributed by atoms with E-state index in [1.165, 1.54) is 22.1 Å². The van der Waals surface area contributed by atoms with Crippen LogP contribution in [0.3, 0.4) is 0 Å². The van der Waals surface area contributed by atoms with E-state index in [-0.39, 0.29) is 5.91 Å². The second-order valence-corrected chi connectivity index (χ2v) is 9.51. The first-order valence-electron chi connectivity index (χ1n) is 12.2. The number of anilines is 1. The maximum Gasteiger partial charge on any atom is 0.246 e. The summed E-state index contributed by atoms with van der Waals surface area (Å²) in [6, 6.07) is 4.31. The number of fused-ring (bicyclic) bond motifs is 2. The predicted molar refractivity (Wildman–Crippen MR) is 134 cm³/mol. The molecule has 0 saturated carbocycles. The van der Waals surface area contributed by atoms with Gasteiger partial charge < -0.3 is 15.1 Å². The summed E-state index contributed by atoms with van der Waals surface area (Å²) in [4.78, 5) is 26.1. The standard InChI is InChI=1S/C26H33N7O/c1-17-6-7-22-21(15-30-31-22)25(17)19-14-23-20(13-18(19)2)26(29-16-28-23)33-11-9-32(10-12-33)24(34)5-4-8-27-3/h4-7,15-16,18-19,27H,8-14H2,1-3H3,(H,30,31)/b5-4+. The van der Waals surface area contributed by atoms with E-state index in [2.05, 4.69) is 46.4 Å². The van der Waals surface area contributed by atoms with Crippen LogP contribution in [0.5, 0.6) is 0 Å². The summed E-state index contributed by atoms with van der Waals surface area (Å²) in [6.45, 7) is 8.25. The van der Waals surface area contributed by atoms with Crippen LogP contribution in [0, 0.1) is 12.8 Å². The Balaban J connectivity index is 1.35. The van der Waals surface area contributed by atoms with Crippen molar-refractivity contribution in [1.29, 1.82) is 0 Å². The van der Waals surface area contributed by atoms with E-state index in [0.717, 1.165) is 43.0 Å². The van der Waals surface area contributed by atoms with Crippen LogP contribution in [-0.4, -0.2) is 70.7 Å². The Labute approximate surface area is 200 Å². The fourth-order valence-corrected chi connectivity index (χ4v) is 5.52. The first kappa shape index (κ1) is 22.5. The van der Waals surface area contributed by atoms with E-state index < -0.39 is 0 Å². The van der Waals surface area contributed by atoms with Gasteiger partial charge in [-0.25, -0.2) is 9.97 Å². The topological polar surface area (TPSA) is 90.0 Å². The molecule has 8 nitrogen and oxygen atoms in total. The molecule has 1 aliphatic heterocycles. The molecular weight excluding hydrogens is 426 g/mol. The summed E-state index contributed by atoms with van der Waals surface area (Å²) < 4.78 is 0. The van der Waals surface area contributed by atoms with Crippen molar-refractivity contribution in [2.45, 2.75) is 32.6 Å². The third-order valence-electron chi connectivity index (χ3n) is 7.37. The molecule has 0 bridgehead atoms. The molecule has 0 spiro atoms. The number of carbonyl (C=O) groups is 1. The van der Waals surface area contributed by atoms with Crippen molar-refractivity contribution >= 4 is 22.6 Å². The van der Waals surface area contributed by atoms with Crippen LogP contribution < -0.4 is 10.2 Å². The molecular formula is C26H33N7O. The van der Waals surface area contributed by atoms with Crippen LogP contribution in [0.1, 0.15) is 35.2 Å². The number of rotatable bonds is 5. The van der Waals surface area contributed by atoms with Crippen LogP contribution in [0.4, 0.5) is 5.82 Å². The number of aromatic amines is 1. The number of carbonyl (C=O) groups excluding carboxylic acids is 1. The van der Waals surface area contributed by atoms with Gasteiger partial charge in [-0.2, -0.15) is 5.10 Å². The summed E-state index contributed by atoms with van der Waals surface area (Å²) in [5.74, 6) is 2.00. The van der Waals surface area contributed by atoms with Crippen LogP contribution >= 0.6 is 0 Å². The molecule has 1 aliphatic carbocycles. The lowest BCUT2D eigenvalue weighted by Crippen LogP contribution is -2.49. The molecule has 3 heterocycles. The normalized spacial score (nSPS) is 20.8. The van der Waals surface area contributed by atoms with E-state index in [0.29, 0.717) is 31.5 Å². The highest BCUT2D eigenvalue weighted by Crippen LogP contribution is 2.42. The van der Waals surface area contributed by atoms with E-state index in [1.54, 1.807) is 12.4 Å². The number of amides is 1. The van der Waals surface area contributed by atoms with Gasteiger partial charge in [0.2, 0.25) is 5.91 Å². The zero-order chi connectivity index (χ0) is 23.7. The van der Waals surface area contributed by atoms with Gasteiger partial charge in [-0.15, -0.1) is 0 Å². The monoisotopic (exact) mass is 459 g/mol. The minimum absolute atomic E-state index is 0.0832. The van der Waals surface area contributed by atoms with Gasteiger partial charge in [0, 0.05) is 55.4 Å². The van der Waals surface area contributed by atoms with Gasteiger partial charge in [0.05, 0.1) is 11.7 Å². The molecule has 0 radical (unpaired) electrons. The second-order valence-electron chi connectivity index (χ2n) is 9.51. The van der Waals surface area contributed by atoms with Gasteiger partial charge in [-0.05, 0) is 55.8 Å². The number of nitrogens with zero attached hydrogens (tertiary/aromatic N) is 5. The van der Waals surface area contributed by atoms with E-state index >= 15 is 0 Å². The molecule has 178 valence electrons. The van der Waals surface area contributed by atoms with Crippen LogP contribution in [0.25, 0.3) is 10.9 Å². The lowest BCUT2D eigenvalue weighted by atomic mass is 9.73. The summed E-state index contributed by atoms with van der Waals surface area (Å²) in [7, 11) is 1.87. The average molecular weight is 460 g/mol. The van der Waals surface area contributed by atoms with Crippen LogP contribution in [0.2, 0.25) is 0 Å². The molecule has 2 aromatic heterocycles. The van der Waals surface area contributed by atoms with Gasteiger partial charge >= 0.3 is 0 Å². The molecule has 3 aromatic rings. The number of H-pyrrole nitrogens is 1. The van der Waals surface area contributed by atoms with Gasteiger partial charge in [0.15, 0.2) is 0 Å². The molecule has 5 rings (SSSR count). The third kappa shape index (κ3) is 4.18. The molecule has 34 heavy (non-hydrogen) atoms. The number of nitrogens with one attached hydrogen (secondary N) is 2. The van der Waals surface area contributed by atoms with E-state index in [1.807, 2.05) is 24.2 Å². The van der Waals surface area contributed by atoms with Crippen molar-refractivity contribution in [1.82, 2.24) is 30.4 Å². The lowest BCUT2D eigenvalue weighted by molar-refractivity contribution is -0.126. The number of piperazine rings is 1. The Kier molecular flexibility index (Phi) is 6.32. The second kappa shape index (κ2) is 9.54. The Morgan fingerprint density at radius 2 is 2.03 bits per heavy atom. The van der Waals surface area contributed by atoms with Crippen molar-refractivity contribution in [2.24, 2.45) is 5.92 Å². The highest BCUT2D eigenvalue weighted by Gasteiger charge is 2.33. The Bertz CT molecular complexity index is 1210.